The number of phenolic OH excluding ortho intramolecular Hbond substituents is 1. The molecule has 2 amide bonds. The molecule has 0 bridgehead atoms. The Morgan fingerprint density at radius 3 is 2.38 bits per heavy atom. The van der Waals surface area contributed by atoms with E-state index in [9.17, 15) is 20.0 Å². The lowest BCUT2D eigenvalue weighted by atomic mass is 10.2. The molecule has 0 spiro atoms. The fourth-order valence-corrected chi connectivity index (χ4v) is 1.68. The number of amides is 2. The summed E-state index contributed by atoms with van der Waals surface area (Å²) in [5.41, 5.74) is 0.307. The van der Waals surface area contributed by atoms with Gasteiger partial charge in [0.05, 0.1) is 16.7 Å². The molecule has 108 valence electrons. The number of nitrogens with one attached hydrogen (secondary N) is 2. The van der Waals surface area contributed by atoms with Crippen LogP contribution in [0.1, 0.15) is 0 Å². The van der Waals surface area contributed by atoms with E-state index in [4.69, 9.17) is 11.6 Å². The van der Waals surface area contributed by atoms with Gasteiger partial charge in [0.15, 0.2) is 0 Å². The van der Waals surface area contributed by atoms with E-state index in [0.29, 0.717) is 10.7 Å². The van der Waals surface area contributed by atoms with E-state index in [0.717, 1.165) is 6.07 Å². The van der Waals surface area contributed by atoms with Gasteiger partial charge in [-0.3, -0.25) is 10.1 Å². The summed E-state index contributed by atoms with van der Waals surface area (Å²) in [7, 11) is 0. The highest BCUT2D eigenvalue weighted by Gasteiger charge is 2.12. The molecule has 2 aromatic carbocycles. The smallest absolute Gasteiger partial charge is 0.323 e. The van der Waals surface area contributed by atoms with Gasteiger partial charge in [0.1, 0.15) is 5.75 Å². The first-order valence-corrected chi connectivity index (χ1v) is 6.14. The van der Waals surface area contributed by atoms with Crippen molar-refractivity contribution in [3.05, 3.63) is 57.6 Å². The largest absolute Gasteiger partial charge is 0.506 e. The molecular formula is C13H10ClN3O4. The first-order valence-electron chi connectivity index (χ1n) is 5.76. The summed E-state index contributed by atoms with van der Waals surface area (Å²) in [5.74, 6) is -0.393. The third-order valence-corrected chi connectivity index (χ3v) is 2.79. The van der Waals surface area contributed by atoms with Crippen LogP contribution in [0.5, 0.6) is 5.75 Å². The van der Waals surface area contributed by atoms with Crippen molar-refractivity contribution in [3.63, 3.8) is 0 Å². The maximum atomic E-state index is 11.7. The summed E-state index contributed by atoms with van der Waals surface area (Å²) >= 11 is 5.72. The Kier molecular flexibility index (Phi) is 4.24. The van der Waals surface area contributed by atoms with Crippen LogP contribution in [0.2, 0.25) is 5.02 Å². The molecule has 0 saturated carbocycles. The fraction of sp³-hybridized carbons (Fsp3) is 0. The van der Waals surface area contributed by atoms with E-state index < -0.39 is 16.7 Å². The minimum Gasteiger partial charge on any atom is -0.506 e. The summed E-state index contributed by atoms with van der Waals surface area (Å²) < 4.78 is 0. The molecule has 0 saturated heterocycles. The SMILES string of the molecule is O=C(Nc1ccc(Cl)cc1)Nc1ccc([N+](=O)[O-])cc1O. The minimum atomic E-state index is -0.642. The maximum absolute atomic E-state index is 11.7. The van der Waals surface area contributed by atoms with Gasteiger partial charge in [-0.05, 0) is 30.3 Å². The number of urea groups is 1. The second kappa shape index (κ2) is 6.10. The highest BCUT2D eigenvalue weighted by atomic mass is 35.5. The Bertz CT molecular complexity index is 688. The van der Waals surface area contributed by atoms with Crippen LogP contribution >= 0.6 is 11.6 Å². The lowest BCUT2D eigenvalue weighted by Crippen LogP contribution is -2.19. The molecule has 0 aliphatic heterocycles. The number of phenols is 1. The quantitative estimate of drug-likeness (QED) is 0.457. The number of carbonyl (C=O) groups excluding carboxylic acids is 1. The third-order valence-electron chi connectivity index (χ3n) is 2.54. The van der Waals surface area contributed by atoms with E-state index in [-0.39, 0.29) is 11.4 Å². The molecule has 3 N–H and O–H groups in total. The topological polar surface area (TPSA) is 104 Å². The lowest BCUT2D eigenvalue weighted by molar-refractivity contribution is -0.384. The van der Waals surface area contributed by atoms with Crippen molar-refractivity contribution < 1.29 is 14.8 Å². The summed E-state index contributed by atoms with van der Waals surface area (Å²) in [6.07, 6.45) is 0. The number of aromatic hydroxyl groups is 1. The standard InChI is InChI=1S/C13H10ClN3O4/c14-8-1-3-9(4-2-8)15-13(19)16-11-6-5-10(17(20)21)7-12(11)18/h1-7,18H,(H2,15,16,19). The number of nitro groups is 1. The molecule has 2 aromatic rings. The highest BCUT2D eigenvalue weighted by Crippen LogP contribution is 2.27. The van der Waals surface area contributed by atoms with Gasteiger partial charge in [-0.25, -0.2) is 4.79 Å². The number of benzene rings is 2. The number of anilines is 2. The Hall–Kier alpha value is -2.80. The van der Waals surface area contributed by atoms with Crippen LogP contribution in [0.3, 0.4) is 0 Å². The Morgan fingerprint density at radius 2 is 1.81 bits per heavy atom. The number of hydrogen-bond acceptors (Lipinski definition) is 4. The number of non-ortho nitro benzene ring substituents is 1. The Labute approximate surface area is 124 Å². The van der Waals surface area contributed by atoms with Gasteiger partial charge in [0.25, 0.3) is 5.69 Å². The van der Waals surface area contributed by atoms with E-state index in [1.807, 2.05) is 0 Å². The van der Waals surface area contributed by atoms with Gasteiger partial charge in [-0.2, -0.15) is 0 Å². The lowest BCUT2D eigenvalue weighted by Gasteiger charge is -2.09. The van der Waals surface area contributed by atoms with Gasteiger partial charge in [-0.15, -0.1) is 0 Å². The van der Waals surface area contributed by atoms with Gasteiger partial charge in [0.2, 0.25) is 0 Å². The number of hydrogen-bond donors (Lipinski definition) is 3. The van der Waals surface area contributed by atoms with Crippen molar-refractivity contribution in [2.75, 3.05) is 10.6 Å². The molecular weight excluding hydrogens is 298 g/mol. The zero-order valence-corrected chi connectivity index (χ0v) is 11.3. The molecule has 0 aromatic heterocycles. The first-order chi connectivity index (χ1) is 9.95. The zero-order valence-electron chi connectivity index (χ0n) is 10.5. The van der Waals surface area contributed by atoms with E-state index in [1.54, 1.807) is 24.3 Å². The molecule has 0 radical (unpaired) electrons. The van der Waals surface area contributed by atoms with Gasteiger partial charge < -0.3 is 15.7 Å². The summed E-state index contributed by atoms with van der Waals surface area (Å²) in [6.45, 7) is 0. The van der Waals surface area contributed by atoms with Gasteiger partial charge in [0, 0.05) is 16.8 Å². The maximum Gasteiger partial charge on any atom is 0.323 e. The Morgan fingerprint density at radius 1 is 1.14 bits per heavy atom. The second-order valence-corrected chi connectivity index (χ2v) is 4.48. The van der Waals surface area contributed by atoms with Crippen molar-refractivity contribution in [1.82, 2.24) is 0 Å². The molecule has 0 heterocycles. The molecule has 0 fully saturated rings. The molecule has 0 atom stereocenters. The summed E-state index contributed by atoms with van der Waals surface area (Å²) in [6, 6.07) is 9.22. The molecule has 0 aliphatic rings. The van der Waals surface area contributed by atoms with Crippen LogP contribution in [0.4, 0.5) is 21.9 Å². The molecule has 7 nitrogen and oxygen atoms in total. The number of carbonyl (C=O) groups is 1. The van der Waals surface area contributed by atoms with Crippen molar-refractivity contribution in [2.24, 2.45) is 0 Å². The molecule has 8 heteroatoms. The van der Waals surface area contributed by atoms with Crippen LogP contribution in [-0.2, 0) is 0 Å². The van der Waals surface area contributed by atoms with E-state index in [1.165, 1.54) is 12.1 Å². The van der Waals surface area contributed by atoms with Gasteiger partial charge in [-0.1, -0.05) is 11.6 Å². The van der Waals surface area contributed by atoms with Crippen LogP contribution in [0.25, 0.3) is 0 Å². The van der Waals surface area contributed by atoms with Crippen molar-refractivity contribution in [3.8, 4) is 5.75 Å². The molecule has 21 heavy (non-hydrogen) atoms. The second-order valence-electron chi connectivity index (χ2n) is 4.04. The summed E-state index contributed by atoms with van der Waals surface area (Å²) in [4.78, 5) is 21.6. The average Bonchev–Trinajstić information content (AvgIpc) is 2.43. The summed E-state index contributed by atoms with van der Waals surface area (Å²) in [5, 5.41) is 25.6. The number of nitro benzene ring substituents is 1. The van der Waals surface area contributed by atoms with Crippen LogP contribution in [0, 0.1) is 10.1 Å². The molecule has 2 rings (SSSR count). The zero-order chi connectivity index (χ0) is 15.4. The number of halogens is 1. The predicted molar refractivity (Wildman–Crippen MR) is 78.9 cm³/mol. The number of rotatable bonds is 3. The van der Waals surface area contributed by atoms with Gasteiger partial charge >= 0.3 is 6.03 Å². The third kappa shape index (κ3) is 3.83. The average molecular weight is 308 g/mol. The number of nitrogens with zero attached hydrogens (tertiary/aromatic N) is 1. The van der Waals surface area contributed by atoms with Crippen LogP contribution in [0.15, 0.2) is 42.5 Å². The predicted octanol–water partition coefficient (Wildman–Crippen LogP) is 3.60. The first kappa shape index (κ1) is 14.6. The van der Waals surface area contributed by atoms with Crippen molar-refractivity contribution in [1.29, 1.82) is 0 Å². The molecule has 0 aliphatic carbocycles. The minimum absolute atomic E-state index is 0.0621. The molecule has 0 unspecified atom stereocenters. The van der Waals surface area contributed by atoms with Crippen molar-refractivity contribution >= 4 is 34.7 Å². The fourth-order valence-electron chi connectivity index (χ4n) is 1.56. The van der Waals surface area contributed by atoms with E-state index in [2.05, 4.69) is 10.6 Å². The highest BCUT2D eigenvalue weighted by molar-refractivity contribution is 6.30. The monoisotopic (exact) mass is 307 g/mol. The van der Waals surface area contributed by atoms with Crippen LogP contribution in [-0.4, -0.2) is 16.1 Å². The Balaban J connectivity index is 2.06. The normalized spacial score (nSPS) is 9.95. The van der Waals surface area contributed by atoms with Crippen LogP contribution < -0.4 is 10.6 Å². The van der Waals surface area contributed by atoms with Crippen molar-refractivity contribution in [2.45, 2.75) is 0 Å². The van der Waals surface area contributed by atoms with E-state index >= 15 is 0 Å².